The van der Waals surface area contributed by atoms with Crippen LogP contribution in [0.5, 0.6) is 0 Å². The fourth-order valence-corrected chi connectivity index (χ4v) is 7.97. The van der Waals surface area contributed by atoms with Crippen LogP contribution in [0.2, 0.25) is 0 Å². The fraction of sp³-hybridized carbons (Fsp3) is 0.758. The van der Waals surface area contributed by atoms with Gasteiger partial charge in [-0.1, -0.05) is 222 Å². The molecule has 0 aliphatic carbocycles. The molecule has 0 spiro atoms. The zero-order valence-electron chi connectivity index (χ0n) is 46.6. The van der Waals surface area contributed by atoms with Gasteiger partial charge in [-0.3, -0.25) is 9.59 Å². The molecule has 410 valence electrons. The minimum absolute atomic E-state index is 0.145. The quantitative estimate of drug-likeness (QED) is 0.0195. The van der Waals surface area contributed by atoms with Gasteiger partial charge in [0.2, 0.25) is 0 Å². The summed E-state index contributed by atoms with van der Waals surface area (Å²) in [6.45, 7) is 4.64. The number of likely N-dealkylation sites (N-methyl/N-ethyl adjacent to an activating group) is 1. The third-order valence-corrected chi connectivity index (χ3v) is 12.4. The number of carbonyl (C=O) groups is 3. The highest BCUT2D eigenvalue weighted by Crippen LogP contribution is 2.16. The Balaban J connectivity index is 4.21. The lowest BCUT2D eigenvalue weighted by Crippen LogP contribution is -2.44. The summed E-state index contributed by atoms with van der Waals surface area (Å²) < 4.78 is 22.7. The van der Waals surface area contributed by atoms with E-state index in [2.05, 4.69) is 86.8 Å². The van der Waals surface area contributed by atoms with E-state index < -0.39 is 24.3 Å². The van der Waals surface area contributed by atoms with Gasteiger partial charge in [0, 0.05) is 12.8 Å². The Hall–Kier alpha value is -3.27. The Morgan fingerprint density at radius 2 is 0.803 bits per heavy atom. The number of carboxylic acids is 1. The second-order valence-corrected chi connectivity index (χ2v) is 20.5. The van der Waals surface area contributed by atoms with Crippen molar-refractivity contribution in [1.29, 1.82) is 0 Å². The van der Waals surface area contributed by atoms with E-state index in [0.29, 0.717) is 17.4 Å². The number of esters is 2. The van der Waals surface area contributed by atoms with Crippen LogP contribution in [0, 0.1) is 0 Å². The molecule has 0 saturated carbocycles. The summed E-state index contributed by atoms with van der Waals surface area (Å²) in [5.41, 5.74) is 0. The average molecular weight is 997 g/mol. The van der Waals surface area contributed by atoms with Crippen LogP contribution in [-0.2, 0) is 33.3 Å². The molecule has 0 rings (SSSR count). The molecule has 71 heavy (non-hydrogen) atoms. The summed E-state index contributed by atoms with van der Waals surface area (Å²) >= 11 is 0. The third kappa shape index (κ3) is 54.3. The normalized spacial score (nSPS) is 13.3. The van der Waals surface area contributed by atoms with Gasteiger partial charge in [-0.15, -0.1) is 0 Å². The molecule has 0 amide bonds. The Bertz CT molecular complexity index is 1390. The van der Waals surface area contributed by atoms with Crippen molar-refractivity contribution in [2.75, 3.05) is 47.5 Å². The van der Waals surface area contributed by atoms with E-state index in [9.17, 15) is 19.5 Å². The maximum atomic E-state index is 12.9. The number of hydrogen-bond donors (Lipinski definition) is 0. The molecule has 9 nitrogen and oxygen atoms in total. The summed E-state index contributed by atoms with van der Waals surface area (Å²) in [5.74, 6) is -2.29. The zero-order valence-corrected chi connectivity index (χ0v) is 46.6. The van der Waals surface area contributed by atoms with Gasteiger partial charge in [0.15, 0.2) is 12.4 Å². The second-order valence-electron chi connectivity index (χ2n) is 20.5. The number of nitrogens with zero attached hydrogens (tertiary/aromatic N) is 1. The molecule has 0 heterocycles. The minimum atomic E-state index is -1.62. The molecular formula is C62H109NO8. The van der Waals surface area contributed by atoms with E-state index in [-0.39, 0.29) is 38.6 Å². The molecular weight excluding hydrogens is 887 g/mol. The lowest BCUT2D eigenvalue weighted by atomic mass is 10.0. The Kier molecular flexibility index (Phi) is 50.6. The monoisotopic (exact) mass is 996 g/mol. The molecule has 0 aromatic carbocycles. The molecule has 2 unspecified atom stereocenters. The number of unbranched alkanes of at least 4 members (excludes halogenated alkanes) is 26. The van der Waals surface area contributed by atoms with Gasteiger partial charge in [0.25, 0.3) is 0 Å². The first-order chi connectivity index (χ1) is 34.6. The number of allylic oxidation sites excluding steroid dienone is 12. The summed E-state index contributed by atoms with van der Waals surface area (Å²) in [6, 6.07) is 0. The summed E-state index contributed by atoms with van der Waals surface area (Å²) in [4.78, 5) is 37.3. The number of aliphatic carboxylic acids is 1. The van der Waals surface area contributed by atoms with Crippen molar-refractivity contribution in [1.82, 2.24) is 0 Å². The number of carbonyl (C=O) groups excluding carboxylic acids is 3. The smallest absolute Gasteiger partial charge is 0.306 e. The molecule has 0 radical (unpaired) electrons. The van der Waals surface area contributed by atoms with Gasteiger partial charge in [-0.25, -0.2) is 0 Å². The van der Waals surface area contributed by atoms with Gasteiger partial charge in [-0.05, 0) is 83.5 Å². The summed E-state index contributed by atoms with van der Waals surface area (Å²) in [5, 5.41) is 11.8. The molecule has 0 N–H and O–H groups in total. The molecule has 0 saturated heterocycles. The molecule has 0 aliphatic rings. The van der Waals surface area contributed by atoms with Crippen molar-refractivity contribution in [3.05, 3.63) is 72.9 Å². The number of hydrogen-bond acceptors (Lipinski definition) is 8. The number of quaternary nitrogens is 1. The van der Waals surface area contributed by atoms with E-state index in [0.717, 1.165) is 83.5 Å². The van der Waals surface area contributed by atoms with Gasteiger partial charge >= 0.3 is 11.9 Å². The van der Waals surface area contributed by atoms with Crippen LogP contribution in [-0.4, -0.2) is 82.3 Å². The maximum absolute atomic E-state index is 12.9. The summed E-state index contributed by atoms with van der Waals surface area (Å²) in [7, 11) is 5.92. The van der Waals surface area contributed by atoms with Crippen LogP contribution < -0.4 is 5.11 Å². The number of rotatable bonds is 53. The molecule has 0 aliphatic heterocycles. The molecule has 0 fully saturated rings. The van der Waals surface area contributed by atoms with Crippen molar-refractivity contribution in [3.8, 4) is 0 Å². The molecule has 0 aromatic heterocycles. The SMILES string of the molecule is CC/C=C\C/C=C\C/C=C\C/C=C\C/C=C\CCCCCCCCCCCCCCCC(=O)OC(COC(=O)CCCCCCCCC/C=C\CCCCCCCC)COC(OCC[N+](C)(C)C)C(=O)[O-]. The van der Waals surface area contributed by atoms with Crippen molar-refractivity contribution < 1.29 is 42.9 Å². The zero-order chi connectivity index (χ0) is 52.0. The predicted octanol–water partition coefficient (Wildman–Crippen LogP) is 15.7. The first-order valence-electron chi connectivity index (χ1n) is 29.1. The predicted molar refractivity (Wildman–Crippen MR) is 297 cm³/mol. The highest BCUT2D eigenvalue weighted by Gasteiger charge is 2.22. The van der Waals surface area contributed by atoms with Gasteiger partial charge < -0.3 is 33.3 Å². The topological polar surface area (TPSA) is 111 Å². The third-order valence-electron chi connectivity index (χ3n) is 12.4. The lowest BCUT2D eigenvalue weighted by molar-refractivity contribution is -0.870. The number of carboxylic acid groups (broad SMARTS) is 1. The van der Waals surface area contributed by atoms with E-state index >= 15 is 0 Å². The van der Waals surface area contributed by atoms with Crippen LogP contribution in [0.1, 0.15) is 245 Å². The average Bonchev–Trinajstić information content (AvgIpc) is 3.34. The van der Waals surface area contributed by atoms with Crippen LogP contribution in [0.4, 0.5) is 0 Å². The van der Waals surface area contributed by atoms with E-state index in [4.69, 9.17) is 18.9 Å². The van der Waals surface area contributed by atoms with E-state index in [1.165, 1.54) is 128 Å². The minimum Gasteiger partial charge on any atom is -0.545 e. The Labute approximate surface area is 437 Å². The van der Waals surface area contributed by atoms with Gasteiger partial charge in [0.1, 0.15) is 13.2 Å². The molecule has 9 heteroatoms. The molecule has 0 bridgehead atoms. The van der Waals surface area contributed by atoms with Crippen molar-refractivity contribution in [3.63, 3.8) is 0 Å². The maximum Gasteiger partial charge on any atom is 0.306 e. The Morgan fingerprint density at radius 3 is 1.21 bits per heavy atom. The highest BCUT2D eigenvalue weighted by atomic mass is 16.7. The van der Waals surface area contributed by atoms with Crippen LogP contribution >= 0.6 is 0 Å². The first-order valence-corrected chi connectivity index (χ1v) is 29.1. The summed E-state index contributed by atoms with van der Waals surface area (Å²) in [6.07, 6.45) is 65.2. The standard InChI is InChI=1S/C62H109NO8/c1-6-8-10-12-14-16-18-20-22-24-25-26-27-28-29-30-31-32-33-34-35-37-39-41-43-45-47-49-51-53-60(65)71-58(57-70-62(61(66)67)68-55-54-63(3,4)5)56-69-59(64)52-50-48-46-44-42-40-38-36-23-21-19-17-15-13-11-9-7-2/h8,10,14,16,20-23,25-26,28-29,58,62H,6-7,9,11-13,15,17-19,24,27,30-57H2,1-5H3/b10-8-,16-14-,22-20-,23-21-,26-25-,29-28-. The van der Waals surface area contributed by atoms with Crippen molar-refractivity contribution >= 4 is 17.9 Å². The molecule has 2 atom stereocenters. The number of ether oxygens (including phenoxy) is 4. The lowest BCUT2D eigenvalue weighted by Gasteiger charge is -2.26. The van der Waals surface area contributed by atoms with Crippen LogP contribution in [0.3, 0.4) is 0 Å². The van der Waals surface area contributed by atoms with Crippen LogP contribution in [0.25, 0.3) is 0 Å². The van der Waals surface area contributed by atoms with Gasteiger partial charge in [-0.2, -0.15) is 0 Å². The van der Waals surface area contributed by atoms with E-state index in [1.807, 2.05) is 21.1 Å². The van der Waals surface area contributed by atoms with E-state index in [1.54, 1.807) is 0 Å². The fourth-order valence-electron chi connectivity index (χ4n) is 7.97. The van der Waals surface area contributed by atoms with Gasteiger partial charge in [0.05, 0.1) is 40.3 Å². The molecule has 0 aromatic rings. The first kappa shape index (κ1) is 67.7. The highest BCUT2D eigenvalue weighted by molar-refractivity contribution is 5.70. The van der Waals surface area contributed by atoms with Crippen LogP contribution in [0.15, 0.2) is 72.9 Å². The van der Waals surface area contributed by atoms with Crippen molar-refractivity contribution in [2.45, 2.75) is 257 Å². The van der Waals surface area contributed by atoms with Crippen molar-refractivity contribution in [2.24, 2.45) is 0 Å². The second kappa shape index (κ2) is 53.0. The Morgan fingerprint density at radius 1 is 0.437 bits per heavy atom. The largest absolute Gasteiger partial charge is 0.545 e.